The highest BCUT2D eigenvalue weighted by molar-refractivity contribution is 9.10. The van der Waals surface area contributed by atoms with Crippen molar-refractivity contribution >= 4 is 21.8 Å². The van der Waals surface area contributed by atoms with Crippen LogP contribution in [0, 0.1) is 0 Å². The van der Waals surface area contributed by atoms with Gasteiger partial charge in [0.05, 0.1) is 6.54 Å². The van der Waals surface area contributed by atoms with Gasteiger partial charge in [0, 0.05) is 11.0 Å². The third-order valence-corrected chi connectivity index (χ3v) is 3.61. The largest absolute Gasteiger partial charge is 0.455 e. The first-order valence-electron chi connectivity index (χ1n) is 6.11. The van der Waals surface area contributed by atoms with Gasteiger partial charge >= 0.3 is 5.91 Å². The number of nitrogens with two attached hydrogens (primary N) is 1. The topological polar surface area (TPSA) is 71.5 Å². The Balaban J connectivity index is 1.98. The lowest BCUT2D eigenvalue weighted by Gasteiger charge is -2.16. The molecule has 0 saturated heterocycles. The van der Waals surface area contributed by atoms with Crippen LogP contribution in [0.1, 0.15) is 21.9 Å². The zero-order chi connectivity index (χ0) is 14.5. The fraction of sp³-hybridized carbons (Fsp3) is 0.214. The van der Waals surface area contributed by atoms with Crippen LogP contribution in [0.3, 0.4) is 0 Å². The number of furan rings is 1. The number of nitrogens with zero attached hydrogens (tertiary/aromatic N) is 1. The molecular formula is C14H16BrN3O2. The molecule has 20 heavy (non-hydrogen) atoms. The van der Waals surface area contributed by atoms with Crippen LogP contribution >= 0.6 is 15.9 Å². The van der Waals surface area contributed by atoms with Crippen LogP contribution in [-0.4, -0.2) is 17.9 Å². The lowest BCUT2D eigenvalue weighted by Crippen LogP contribution is -2.29. The van der Waals surface area contributed by atoms with E-state index in [4.69, 9.17) is 10.3 Å². The van der Waals surface area contributed by atoms with Crippen molar-refractivity contribution in [1.82, 2.24) is 10.3 Å². The molecule has 0 aliphatic heterocycles. The molecule has 2 aromatic rings. The van der Waals surface area contributed by atoms with Gasteiger partial charge in [-0.25, -0.2) is 5.84 Å². The maximum absolute atomic E-state index is 11.3. The molecule has 2 rings (SSSR count). The predicted molar refractivity (Wildman–Crippen MR) is 79.7 cm³/mol. The molecule has 1 amide bonds. The number of hydrogen-bond donors (Lipinski definition) is 2. The van der Waals surface area contributed by atoms with Crippen molar-refractivity contribution < 1.29 is 9.21 Å². The Hall–Kier alpha value is -1.63. The molecule has 1 heterocycles. The second-order valence-electron chi connectivity index (χ2n) is 4.50. The fourth-order valence-electron chi connectivity index (χ4n) is 1.90. The molecule has 0 bridgehead atoms. The number of halogens is 1. The van der Waals surface area contributed by atoms with E-state index in [-0.39, 0.29) is 5.76 Å². The van der Waals surface area contributed by atoms with Gasteiger partial charge in [0.15, 0.2) is 5.76 Å². The quantitative estimate of drug-likeness (QED) is 0.498. The number of nitrogens with one attached hydrogen (secondary N) is 1. The molecule has 0 spiro atoms. The number of carbonyl (C=O) groups is 1. The number of rotatable bonds is 5. The van der Waals surface area contributed by atoms with Gasteiger partial charge in [0.2, 0.25) is 0 Å². The molecule has 0 atom stereocenters. The molecule has 1 aromatic heterocycles. The van der Waals surface area contributed by atoms with E-state index in [9.17, 15) is 4.79 Å². The number of carbonyl (C=O) groups excluding carboxylic acids is 1. The molecule has 106 valence electrons. The second kappa shape index (κ2) is 6.69. The Kier molecular flexibility index (Phi) is 4.94. The number of amides is 1. The minimum Gasteiger partial charge on any atom is -0.455 e. The van der Waals surface area contributed by atoms with Crippen LogP contribution in [0.4, 0.5) is 0 Å². The van der Waals surface area contributed by atoms with Crippen molar-refractivity contribution in [2.24, 2.45) is 5.84 Å². The van der Waals surface area contributed by atoms with Crippen molar-refractivity contribution in [3.05, 3.63) is 58.0 Å². The maximum atomic E-state index is 11.3. The molecule has 0 fully saturated rings. The minimum absolute atomic E-state index is 0.219. The highest BCUT2D eigenvalue weighted by Crippen LogP contribution is 2.18. The van der Waals surface area contributed by atoms with Crippen LogP contribution in [-0.2, 0) is 13.1 Å². The standard InChI is InChI=1S/C14H16BrN3O2/c1-18(8-10-4-2-3-5-12(10)15)9-11-6-7-13(20-11)14(19)17-16/h2-7H,8-9,16H2,1H3,(H,17,19). The maximum Gasteiger partial charge on any atom is 0.300 e. The summed E-state index contributed by atoms with van der Waals surface area (Å²) in [6.45, 7) is 1.39. The SMILES string of the molecule is CN(Cc1ccc(C(=O)NN)o1)Cc1ccccc1Br. The molecule has 6 heteroatoms. The van der Waals surface area contributed by atoms with Crippen LogP contribution < -0.4 is 11.3 Å². The molecule has 3 N–H and O–H groups in total. The van der Waals surface area contributed by atoms with Crippen LogP contribution in [0.25, 0.3) is 0 Å². The number of hydrogen-bond acceptors (Lipinski definition) is 4. The van der Waals surface area contributed by atoms with Crippen LogP contribution in [0.2, 0.25) is 0 Å². The van der Waals surface area contributed by atoms with Gasteiger partial charge in [-0.05, 0) is 30.8 Å². The summed E-state index contributed by atoms with van der Waals surface area (Å²) < 4.78 is 6.51. The predicted octanol–water partition coefficient (Wildman–Crippen LogP) is 2.28. The first-order valence-corrected chi connectivity index (χ1v) is 6.91. The highest BCUT2D eigenvalue weighted by Gasteiger charge is 2.11. The first kappa shape index (κ1) is 14.8. The normalized spacial score (nSPS) is 10.8. The first-order chi connectivity index (χ1) is 9.60. The third kappa shape index (κ3) is 3.69. The van der Waals surface area contributed by atoms with E-state index in [1.54, 1.807) is 12.1 Å². The lowest BCUT2D eigenvalue weighted by atomic mass is 10.2. The van der Waals surface area contributed by atoms with Crippen LogP contribution in [0.15, 0.2) is 45.3 Å². The average molecular weight is 338 g/mol. The zero-order valence-electron chi connectivity index (χ0n) is 11.1. The summed E-state index contributed by atoms with van der Waals surface area (Å²) in [7, 11) is 1.99. The van der Waals surface area contributed by atoms with E-state index in [0.29, 0.717) is 6.54 Å². The van der Waals surface area contributed by atoms with E-state index >= 15 is 0 Å². The van der Waals surface area contributed by atoms with E-state index < -0.39 is 5.91 Å². The van der Waals surface area contributed by atoms with Gasteiger partial charge in [-0.1, -0.05) is 34.1 Å². The Bertz CT molecular complexity index is 598. The molecule has 0 radical (unpaired) electrons. The summed E-state index contributed by atoms with van der Waals surface area (Å²) in [5, 5.41) is 0. The summed E-state index contributed by atoms with van der Waals surface area (Å²) in [5.41, 5.74) is 3.24. The van der Waals surface area contributed by atoms with Crippen molar-refractivity contribution in [1.29, 1.82) is 0 Å². The summed E-state index contributed by atoms with van der Waals surface area (Å²) >= 11 is 3.53. The van der Waals surface area contributed by atoms with Gasteiger partial charge in [-0.3, -0.25) is 15.1 Å². The molecule has 0 saturated carbocycles. The van der Waals surface area contributed by atoms with E-state index in [1.165, 1.54) is 5.56 Å². The summed E-state index contributed by atoms with van der Waals surface area (Å²) in [5.74, 6) is 5.57. The number of benzene rings is 1. The van der Waals surface area contributed by atoms with Gasteiger partial charge < -0.3 is 4.42 Å². The Morgan fingerprint density at radius 1 is 1.30 bits per heavy atom. The van der Waals surface area contributed by atoms with Crippen molar-refractivity contribution in [3.8, 4) is 0 Å². The summed E-state index contributed by atoms with van der Waals surface area (Å²) in [4.78, 5) is 13.4. The van der Waals surface area contributed by atoms with Crippen LogP contribution in [0.5, 0.6) is 0 Å². The highest BCUT2D eigenvalue weighted by atomic mass is 79.9. The molecular weight excluding hydrogens is 322 g/mol. The summed E-state index contributed by atoms with van der Waals surface area (Å²) in [6.07, 6.45) is 0. The molecule has 5 nitrogen and oxygen atoms in total. The fourth-order valence-corrected chi connectivity index (χ4v) is 2.31. The van der Waals surface area contributed by atoms with Gasteiger partial charge in [-0.2, -0.15) is 0 Å². The average Bonchev–Trinajstić information content (AvgIpc) is 2.89. The second-order valence-corrected chi connectivity index (χ2v) is 5.36. The van der Waals surface area contributed by atoms with Gasteiger partial charge in [-0.15, -0.1) is 0 Å². The third-order valence-electron chi connectivity index (χ3n) is 2.84. The van der Waals surface area contributed by atoms with E-state index in [1.807, 2.05) is 30.7 Å². The minimum atomic E-state index is -0.426. The molecule has 0 aliphatic rings. The monoisotopic (exact) mass is 337 g/mol. The van der Waals surface area contributed by atoms with E-state index in [0.717, 1.165) is 16.8 Å². The number of nitrogen functional groups attached to an aromatic ring is 1. The smallest absolute Gasteiger partial charge is 0.300 e. The lowest BCUT2D eigenvalue weighted by molar-refractivity contribution is 0.0922. The van der Waals surface area contributed by atoms with E-state index in [2.05, 4.69) is 26.9 Å². The van der Waals surface area contributed by atoms with Crippen molar-refractivity contribution in [2.45, 2.75) is 13.1 Å². The Labute approximate surface area is 125 Å². The molecule has 0 aliphatic carbocycles. The Morgan fingerprint density at radius 2 is 2.05 bits per heavy atom. The van der Waals surface area contributed by atoms with Crippen molar-refractivity contribution in [3.63, 3.8) is 0 Å². The molecule has 0 unspecified atom stereocenters. The Morgan fingerprint density at radius 3 is 2.75 bits per heavy atom. The molecule has 1 aromatic carbocycles. The van der Waals surface area contributed by atoms with Crippen molar-refractivity contribution in [2.75, 3.05) is 7.05 Å². The van der Waals surface area contributed by atoms with Gasteiger partial charge in [0.25, 0.3) is 0 Å². The zero-order valence-corrected chi connectivity index (χ0v) is 12.7. The van der Waals surface area contributed by atoms with Gasteiger partial charge in [0.1, 0.15) is 5.76 Å². The summed E-state index contributed by atoms with van der Waals surface area (Å²) in [6, 6.07) is 11.5. The number of hydrazine groups is 1.